The SMILES string of the molecule is COCCC1(CNC2CCN(c3ccncc3)CC2)CC1. The highest BCUT2D eigenvalue weighted by molar-refractivity contribution is 5.44. The van der Waals surface area contributed by atoms with Crippen molar-refractivity contribution < 1.29 is 4.74 Å². The molecule has 0 spiro atoms. The lowest BCUT2D eigenvalue weighted by molar-refractivity contribution is 0.169. The van der Waals surface area contributed by atoms with Gasteiger partial charge in [-0.25, -0.2) is 0 Å². The van der Waals surface area contributed by atoms with Crippen molar-refractivity contribution in [1.29, 1.82) is 0 Å². The van der Waals surface area contributed by atoms with Crippen molar-refractivity contribution in [3.8, 4) is 0 Å². The molecule has 1 saturated heterocycles. The van der Waals surface area contributed by atoms with Crippen LogP contribution in [0.4, 0.5) is 5.69 Å². The van der Waals surface area contributed by atoms with Crippen molar-refractivity contribution in [3.05, 3.63) is 24.5 Å². The van der Waals surface area contributed by atoms with Gasteiger partial charge in [0.15, 0.2) is 0 Å². The summed E-state index contributed by atoms with van der Waals surface area (Å²) in [5.74, 6) is 0. The quantitative estimate of drug-likeness (QED) is 0.836. The zero-order valence-corrected chi connectivity index (χ0v) is 13.1. The molecule has 1 saturated carbocycles. The van der Waals surface area contributed by atoms with Crippen molar-refractivity contribution in [1.82, 2.24) is 10.3 Å². The second-order valence-corrected chi connectivity index (χ2v) is 6.59. The first-order valence-corrected chi connectivity index (χ1v) is 8.19. The van der Waals surface area contributed by atoms with Gasteiger partial charge in [-0.1, -0.05) is 0 Å². The molecule has 4 heteroatoms. The van der Waals surface area contributed by atoms with Gasteiger partial charge in [-0.3, -0.25) is 4.98 Å². The van der Waals surface area contributed by atoms with Crippen LogP contribution in [0.25, 0.3) is 0 Å². The lowest BCUT2D eigenvalue weighted by atomic mass is 10.00. The number of rotatable bonds is 7. The summed E-state index contributed by atoms with van der Waals surface area (Å²) < 4.78 is 5.23. The highest BCUT2D eigenvalue weighted by Crippen LogP contribution is 2.48. The number of methoxy groups -OCH3 is 1. The third-order valence-corrected chi connectivity index (χ3v) is 5.08. The number of hydrogen-bond donors (Lipinski definition) is 1. The summed E-state index contributed by atoms with van der Waals surface area (Å²) in [6, 6.07) is 4.90. The smallest absolute Gasteiger partial charge is 0.0468 e. The highest BCUT2D eigenvalue weighted by Gasteiger charge is 2.42. The van der Waals surface area contributed by atoms with Crippen LogP contribution in [0.15, 0.2) is 24.5 Å². The third kappa shape index (κ3) is 3.95. The molecule has 1 aliphatic carbocycles. The largest absolute Gasteiger partial charge is 0.385 e. The number of aromatic nitrogens is 1. The monoisotopic (exact) mass is 289 g/mol. The zero-order valence-electron chi connectivity index (χ0n) is 13.1. The third-order valence-electron chi connectivity index (χ3n) is 5.08. The van der Waals surface area contributed by atoms with Gasteiger partial charge >= 0.3 is 0 Å². The van der Waals surface area contributed by atoms with E-state index in [9.17, 15) is 0 Å². The summed E-state index contributed by atoms with van der Waals surface area (Å²) in [6.07, 6.45) is 10.2. The Labute approximate surface area is 127 Å². The second-order valence-electron chi connectivity index (χ2n) is 6.59. The van der Waals surface area contributed by atoms with Crippen molar-refractivity contribution in [3.63, 3.8) is 0 Å². The van der Waals surface area contributed by atoms with E-state index in [1.54, 1.807) is 7.11 Å². The van der Waals surface area contributed by atoms with E-state index in [0.717, 1.165) is 19.7 Å². The summed E-state index contributed by atoms with van der Waals surface area (Å²) in [7, 11) is 1.80. The molecular formula is C17H27N3O. The summed E-state index contributed by atoms with van der Waals surface area (Å²) in [6.45, 7) is 4.37. The maximum atomic E-state index is 5.23. The molecule has 4 nitrogen and oxygen atoms in total. The Morgan fingerprint density at radius 2 is 2.00 bits per heavy atom. The maximum Gasteiger partial charge on any atom is 0.0468 e. The number of ether oxygens (including phenoxy) is 1. The van der Waals surface area contributed by atoms with E-state index in [1.165, 1.54) is 44.3 Å². The first-order valence-electron chi connectivity index (χ1n) is 8.19. The fourth-order valence-electron chi connectivity index (χ4n) is 3.27. The molecule has 1 N–H and O–H groups in total. The van der Waals surface area contributed by atoms with Gasteiger partial charge in [0.1, 0.15) is 0 Å². The fraction of sp³-hybridized carbons (Fsp3) is 0.706. The Morgan fingerprint density at radius 3 is 2.62 bits per heavy atom. The molecule has 0 atom stereocenters. The van der Waals surface area contributed by atoms with E-state index in [-0.39, 0.29) is 0 Å². The van der Waals surface area contributed by atoms with Crippen molar-refractivity contribution >= 4 is 5.69 Å². The van der Waals surface area contributed by atoms with Gasteiger partial charge in [0, 0.05) is 57.5 Å². The highest BCUT2D eigenvalue weighted by atomic mass is 16.5. The van der Waals surface area contributed by atoms with Crippen LogP contribution in [0.2, 0.25) is 0 Å². The second kappa shape index (κ2) is 6.75. The number of hydrogen-bond acceptors (Lipinski definition) is 4. The minimum Gasteiger partial charge on any atom is -0.385 e. The van der Waals surface area contributed by atoms with Crippen molar-refractivity contribution in [2.24, 2.45) is 5.41 Å². The first kappa shape index (κ1) is 14.8. The Kier molecular flexibility index (Phi) is 4.76. The average Bonchev–Trinajstić information content (AvgIpc) is 3.33. The topological polar surface area (TPSA) is 37.4 Å². The van der Waals surface area contributed by atoms with E-state index in [4.69, 9.17) is 4.74 Å². The van der Waals surface area contributed by atoms with E-state index < -0.39 is 0 Å². The molecule has 21 heavy (non-hydrogen) atoms. The number of anilines is 1. The fourth-order valence-corrected chi connectivity index (χ4v) is 3.27. The van der Waals surface area contributed by atoms with Gasteiger partial charge < -0.3 is 15.0 Å². The molecule has 2 aliphatic rings. The van der Waals surface area contributed by atoms with Crippen molar-refractivity contribution in [2.75, 3.05) is 38.3 Å². The van der Waals surface area contributed by atoms with Gasteiger partial charge in [0.25, 0.3) is 0 Å². The lowest BCUT2D eigenvalue weighted by Gasteiger charge is -2.34. The Balaban J connectivity index is 1.40. The summed E-state index contributed by atoms with van der Waals surface area (Å²) >= 11 is 0. The van der Waals surface area contributed by atoms with Gasteiger partial charge in [-0.2, -0.15) is 0 Å². The number of piperidine rings is 1. The van der Waals surface area contributed by atoms with Crippen LogP contribution in [-0.2, 0) is 4.74 Å². The predicted octanol–water partition coefficient (Wildman–Crippen LogP) is 2.46. The van der Waals surface area contributed by atoms with Crippen molar-refractivity contribution in [2.45, 2.75) is 38.1 Å². The van der Waals surface area contributed by atoms with Crippen LogP contribution in [0.1, 0.15) is 32.1 Å². The summed E-state index contributed by atoms with van der Waals surface area (Å²) in [4.78, 5) is 6.56. The number of nitrogens with one attached hydrogen (secondary N) is 1. The van der Waals surface area contributed by atoms with E-state index in [1.807, 2.05) is 12.4 Å². The number of pyridine rings is 1. The van der Waals surface area contributed by atoms with E-state index in [2.05, 4.69) is 27.3 Å². The molecule has 0 amide bonds. The zero-order chi connectivity index (χ0) is 14.5. The minimum atomic E-state index is 0.554. The molecule has 0 unspecified atom stereocenters. The normalized spacial score (nSPS) is 21.5. The molecule has 116 valence electrons. The predicted molar refractivity (Wildman–Crippen MR) is 85.6 cm³/mol. The molecule has 1 aromatic rings. The van der Waals surface area contributed by atoms with Gasteiger partial charge in [0.05, 0.1) is 0 Å². The van der Waals surface area contributed by atoms with Gasteiger partial charge in [-0.15, -0.1) is 0 Å². The first-order chi connectivity index (χ1) is 10.3. The standard InChI is InChI=1S/C17H27N3O/c1-21-13-8-17(6-7-17)14-19-15-4-11-20(12-5-15)16-2-9-18-10-3-16/h2-3,9-10,15,19H,4-8,11-14H2,1H3. The molecule has 3 rings (SSSR count). The molecule has 2 heterocycles. The minimum absolute atomic E-state index is 0.554. The molecule has 0 radical (unpaired) electrons. The molecular weight excluding hydrogens is 262 g/mol. The molecule has 1 aliphatic heterocycles. The van der Waals surface area contributed by atoms with Gasteiger partial charge in [0.2, 0.25) is 0 Å². The average molecular weight is 289 g/mol. The summed E-state index contributed by atoms with van der Waals surface area (Å²) in [5, 5.41) is 3.81. The van der Waals surface area contributed by atoms with Crippen LogP contribution >= 0.6 is 0 Å². The molecule has 2 fully saturated rings. The number of nitrogens with zero attached hydrogens (tertiary/aromatic N) is 2. The Morgan fingerprint density at radius 1 is 1.29 bits per heavy atom. The van der Waals surface area contributed by atoms with Gasteiger partial charge in [-0.05, 0) is 49.7 Å². The van der Waals surface area contributed by atoms with Crippen LogP contribution in [0, 0.1) is 5.41 Å². The maximum absolute atomic E-state index is 5.23. The van der Waals surface area contributed by atoms with Crippen LogP contribution in [0.3, 0.4) is 0 Å². The van der Waals surface area contributed by atoms with Crippen LogP contribution in [-0.4, -0.2) is 44.4 Å². The van der Waals surface area contributed by atoms with Crippen LogP contribution in [0.5, 0.6) is 0 Å². The van der Waals surface area contributed by atoms with E-state index >= 15 is 0 Å². The summed E-state index contributed by atoms with van der Waals surface area (Å²) in [5.41, 5.74) is 1.86. The van der Waals surface area contributed by atoms with E-state index in [0.29, 0.717) is 11.5 Å². The lowest BCUT2D eigenvalue weighted by Crippen LogP contribution is -2.44. The molecule has 0 aromatic carbocycles. The molecule has 0 bridgehead atoms. The van der Waals surface area contributed by atoms with Crippen LogP contribution < -0.4 is 10.2 Å². The Bertz CT molecular complexity index is 425. The molecule has 1 aromatic heterocycles. The Hall–Kier alpha value is -1.13.